The number of rotatable bonds is 5. The van der Waals surface area contributed by atoms with E-state index in [1.165, 1.54) is 6.20 Å². The van der Waals surface area contributed by atoms with E-state index in [1.807, 2.05) is 12.1 Å². The molecule has 0 saturated carbocycles. The molecule has 20 heavy (non-hydrogen) atoms. The summed E-state index contributed by atoms with van der Waals surface area (Å²) in [7, 11) is 1.56. The van der Waals surface area contributed by atoms with Gasteiger partial charge < -0.3 is 14.6 Å². The number of carboxylic acids is 1. The van der Waals surface area contributed by atoms with Crippen molar-refractivity contribution in [2.45, 2.75) is 13.5 Å². The molecule has 0 aliphatic heterocycles. The maximum absolute atomic E-state index is 10.9. The standard InChI is InChI=1S/C14H14N2O4/c1-9-10(14(17)18)7-15-13(16-9)8-20-12-6-4-3-5-11(12)19-2/h3-7H,8H2,1-2H3,(H,17,18). The van der Waals surface area contributed by atoms with E-state index in [9.17, 15) is 4.79 Å². The van der Waals surface area contributed by atoms with Crippen molar-refractivity contribution < 1.29 is 19.4 Å². The number of hydrogen-bond acceptors (Lipinski definition) is 5. The number of aromatic carboxylic acids is 1. The summed E-state index contributed by atoms with van der Waals surface area (Å²) in [6, 6.07) is 7.23. The Labute approximate surface area is 116 Å². The number of ether oxygens (including phenoxy) is 2. The Balaban J connectivity index is 2.11. The summed E-state index contributed by atoms with van der Waals surface area (Å²) >= 11 is 0. The second-order valence-corrected chi connectivity index (χ2v) is 4.03. The molecule has 6 nitrogen and oxygen atoms in total. The molecule has 0 saturated heterocycles. The quantitative estimate of drug-likeness (QED) is 0.898. The highest BCUT2D eigenvalue weighted by Gasteiger charge is 2.10. The molecule has 0 atom stereocenters. The predicted octanol–water partition coefficient (Wildman–Crippen LogP) is 2.07. The molecule has 1 N–H and O–H groups in total. The molecule has 0 amide bonds. The molecule has 0 unspecified atom stereocenters. The van der Waals surface area contributed by atoms with E-state index in [1.54, 1.807) is 26.2 Å². The van der Waals surface area contributed by atoms with Crippen LogP contribution in [0.15, 0.2) is 30.5 Å². The summed E-state index contributed by atoms with van der Waals surface area (Å²) in [4.78, 5) is 18.9. The molecule has 0 aliphatic rings. The van der Waals surface area contributed by atoms with Crippen LogP contribution in [0.3, 0.4) is 0 Å². The monoisotopic (exact) mass is 274 g/mol. The van der Waals surface area contributed by atoms with Crippen molar-refractivity contribution in [1.82, 2.24) is 9.97 Å². The van der Waals surface area contributed by atoms with Gasteiger partial charge in [0.1, 0.15) is 6.61 Å². The fourth-order valence-electron chi connectivity index (χ4n) is 1.68. The van der Waals surface area contributed by atoms with Gasteiger partial charge in [-0.1, -0.05) is 12.1 Å². The maximum Gasteiger partial charge on any atom is 0.339 e. The molecule has 1 heterocycles. The molecular weight excluding hydrogens is 260 g/mol. The Hall–Kier alpha value is -2.63. The highest BCUT2D eigenvalue weighted by molar-refractivity contribution is 5.88. The van der Waals surface area contributed by atoms with Crippen LogP contribution >= 0.6 is 0 Å². The Morgan fingerprint density at radius 1 is 1.30 bits per heavy atom. The average Bonchev–Trinajstić information content (AvgIpc) is 2.45. The van der Waals surface area contributed by atoms with E-state index in [2.05, 4.69) is 9.97 Å². The van der Waals surface area contributed by atoms with Gasteiger partial charge in [0.25, 0.3) is 0 Å². The number of carboxylic acid groups (broad SMARTS) is 1. The van der Waals surface area contributed by atoms with Crippen LogP contribution in [0.1, 0.15) is 21.9 Å². The highest BCUT2D eigenvalue weighted by Crippen LogP contribution is 2.26. The van der Waals surface area contributed by atoms with Crippen LogP contribution in [0.5, 0.6) is 11.5 Å². The molecule has 6 heteroatoms. The van der Waals surface area contributed by atoms with Crippen molar-refractivity contribution in [1.29, 1.82) is 0 Å². The molecule has 0 bridgehead atoms. The first-order chi connectivity index (χ1) is 9.61. The molecule has 1 aromatic heterocycles. The number of benzene rings is 1. The minimum Gasteiger partial charge on any atom is -0.493 e. The Morgan fingerprint density at radius 3 is 2.60 bits per heavy atom. The molecule has 0 aliphatic carbocycles. The number of aromatic nitrogens is 2. The number of hydrogen-bond donors (Lipinski definition) is 1. The second kappa shape index (κ2) is 6.01. The van der Waals surface area contributed by atoms with Crippen molar-refractivity contribution in [3.63, 3.8) is 0 Å². The van der Waals surface area contributed by atoms with E-state index >= 15 is 0 Å². The van der Waals surface area contributed by atoms with Crippen molar-refractivity contribution in [2.24, 2.45) is 0 Å². The van der Waals surface area contributed by atoms with Gasteiger partial charge in [0.05, 0.1) is 18.4 Å². The fourth-order valence-corrected chi connectivity index (χ4v) is 1.68. The predicted molar refractivity (Wildman–Crippen MR) is 71.1 cm³/mol. The van der Waals surface area contributed by atoms with Gasteiger partial charge >= 0.3 is 5.97 Å². The SMILES string of the molecule is COc1ccccc1OCc1ncc(C(=O)O)c(C)n1. The van der Waals surface area contributed by atoms with Gasteiger partial charge in [0, 0.05) is 6.20 Å². The third-order valence-electron chi connectivity index (χ3n) is 2.69. The molecular formula is C14H14N2O4. The average molecular weight is 274 g/mol. The molecule has 2 aromatic rings. The number of para-hydroxylation sites is 2. The van der Waals surface area contributed by atoms with Gasteiger partial charge in [-0.15, -0.1) is 0 Å². The van der Waals surface area contributed by atoms with Crippen LogP contribution in [0.4, 0.5) is 0 Å². The molecule has 104 valence electrons. The third-order valence-corrected chi connectivity index (χ3v) is 2.69. The molecule has 2 rings (SSSR count). The number of methoxy groups -OCH3 is 1. The molecule has 0 spiro atoms. The third kappa shape index (κ3) is 3.03. The minimum absolute atomic E-state index is 0.0889. The normalized spacial score (nSPS) is 10.1. The van der Waals surface area contributed by atoms with Gasteiger partial charge in [-0.3, -0.25) is 0 Å². The van der Waals surface area contributed by atoms with Crippen LogP contribution in [0, 0.1) is 6.92 Å². The maximum atomic E-state index is 10.9. The molecule has 0 radical (unpaired) electrons. The largest absolute Gasteiger partial charge is 0.493 e. The van der Waals surface area contributed by atoms with E-state index in [4.69, 9.17) is 14.6 Å². The lowest BCUT2D eigenvalue weighted by Crippen LogP contribution is -2.08. The van der Waals surface area contributed by atoms with Crippen LogP contribution in [0.2, 0.25) is 0 Å². The van der Waals surface area contributed by atoms with Gasteiger partial charge in [-0.2, -0.15) is 0 Å². The Kier molecular flexibility index (Phi) is 4.14. The van der Waals surface area contributed by atoms with E-state index in [0.717, 1.165) is 0 Å². The summed E-state index contributed by atoms with van der Waals surface area (Å²) in [5, 5.41) is 8.90. The summed E-state index contributed by atoms with van der Waals surface area (Å²) < 4.78 is 10.7. The number of carbonyl (C=O) groups is 1. The topological polar surface area (TPSA) is 81.5 Å². The Morgan fingerprint density at radius 2 is 2.00 bits per heavy atom. The van der Waals surface area contributed by atoms with Crippen molar-refractivity contribution in [2.75, 3.05) is 7.11 Å². The van der Waals surface area contributed by atoms with E-state index < -0.39 is 5.97 Å². The van der Waals surface area contributed by atoms with Crippen LogP contribution < -0.4 is 9.47 Å². The number of aryl methyl sites for hydroxylation is 1. The second-order valence-electron chi connectivity index (χ2n) is 4.03. The van der Waals surface area contributed by atoms with Gasteiger partial charge in [-0.05, 0) is 19.1 Å². The fraction of sp³-hybridized carbons (Fsp3) is 0.214. The lowest BCUT2D eigenvalue weighted by Gasteiger charge is -2.10. The summed E-state index contributed by atoms with van der Waals surface area (Å²) in [6.07, 6.45) is 1.28. The summed E-state index contributed by atoms with van der Waals surface area (Å²) in [5.74, 6) is 0.572. The lowest BCUT2D eigenvalue weighted by atomic mass is 10.2. The minimum atomic E-state index is -1.04. The highest BCUT2D eigenvalue weighted by atomic mass is 16.5. The van der Waals surface area contributed by atoms with Crippen molar-refractivity contribution in [3.8, 4) is 11.5 Å². The van der Waals surface area contributed by atoms with Crippen molar-refractivity contribution >= 4 is 5.97 Å². The van der Waals surface area contributed by atoms with Gasteiger partial charge in [0.15, 0.2) is 17.3 Å². The first-order valence-corrected chi connectivity index (χ1v) is 5.93. The Bertz CT molecular complexity index is 628. The molecule has 0 fully saturated rings. The van der Waals surface area contributed by atoms with Crippen LogP contribution in [0.25, 0.3) is 0 Å². The summed E-state index contributed by atoms with van der Waals surface area (Å²) in [6.45, 7) is 1.76. The lowest BCUT2D eigenvalue weighted by molar-refractivity contribution is 0.0695. The summed E-state index contributed by atoms with van der Waals surface area (Å²) in [5.41, 5.74) is 0.497. The van der Waals surface area contributed by atoms with Crippen molar-refractivity contribution in [3.05, 3.63) is 47.5 Å². The zero-order valence-electron chi connectivity index (χ0n) is 11.2. The first kappa shape index (κ1) is 13.8. The van der Waals surface area contributed by atoms with Crippen LogP contribution in [-0.4, -0.2) is 28.2 Å². The molecule has 1 aromatic carbocycles. The van der Waals surface area contributed by atoms with Crippen LogP contribution in [-0.2, 0) is 6.61 Å². The first-order valence-electron chi connectivity index (χ1n) is 5.93. The van der Waals surface area contributed by atoms with Gasteiger partial charge in [-0.25, -0.2) is 14.8 Å². The van der Waals surface area contributed by atoms with E-state index in [0.29, 0.717) is 23.0 Å². The van der Waals surface area contributed by atoms with E-state index in [-0.39, 0.29) is 12.2 Å². The smallest absolute Gasteiger partial charge is 0.339 e. The zero-order chi connectivity index (χ0) is 14.5. The number of nitrogens with zero attached hydrogens (tertiary/aromatic N) is 2. The zero-order valence-corrected chi connectivity index (χ0v) is 11.2. The van der Waals surface area contributed by atoms with Gasteiger partial charge in [0.2, 0.25) is 0 Å².